The van der Waals surface area contributed by atoms with Crippen molar-refractivity contribution in [1.82, 2.24) is 5.32 Å². The number of hydrogen-bond acceptors (Lipinski definition) is 2. The molecule has 1 fully saturated rings. The van der Waals surface area contributed by atoms with Crippen molar-refractivity contribution in [1.29, 1.82) is 0 Å². The van der Waals surface area contributed by atoms with Crippen LogP contribution in [0.3, 0.4) is 0 Å². The first-order chi connectivity index (χ1) is 9.27. The smallest absolute Gasteiger partial charge is 0.127 e. The molecule has 1 heterocycles. The molecule has 0 amide bonds. The van der Waals surface area contributed by atoms with Crippen LogP contribution in [0.2, 0.25) is 0 Å². The maximum absolute atomic E-state index is 14.2. The number of benzene rings is 1. The SMILES string of the molecule is CCNC(c1ccccc1F)C1CC(C)(C)OC1(C)C. The van der Waals surface area contributed by atoms with Crippen LogP contribution in [-0.4, -0.2) is 17.7 Å². The van der Waals surface area contributed by atoms with Gasteiger partial charge in [-0.05, 0) is 46.7 Å². The van der Waals surface area contributed by atoms with Crippen molar-refractivity contribution in [2.75, 3.05) is 6.54 Å². The fourth-order valence-electron chi connectivity index (χ4n) is 3.54. The third-order valence-corrected chi connectivity index (χ3v) is 4.21. The van der Waals surface area contributed by atoms with Crippen molar-refractivity contribution in [3.05, 3.63) is 35.6 Å². The van der Waals surface area contributed by atoms with Crippen LogP contribution in [0.15, 0.2) is 24.3 Å². The molecule has 1 aliphatic rings. The second-order valence-corrected chi connectivity index (χ2v) is 6.83. The summed E-state index contributed by atoms with van der Waals surface area (Å²) in [5, 5.41) is 3.46. The van der Waals surface area contributed by atoms with Crippen molar-refractivity contribution in [3.63, 3.8) is 0 Å². The van der Waals surface area contributed by atoms with Gasteiger partial charge < -0.3 is 10.1 Å². The highest BCUT2D eigenvalue weighted by Crippen LogP contribution is 2.47. The maximum Gasteiger partial charge on any atom is 0.127 e. The van der Waals surface area contributed by atoms with Gasteiger partial charge in [0.1, 0.15) is 5.82 Å². The standard InChI is InChI=1S/C17H26FNO/c1-6-19-15(12-9-7-8-10-14(12)18)13-11-16(2,3)20-17(13,4)5/h7-10,13,15,19H,6,11H2,1-5H3. The molecule has 2 atom stereocenters. The maximum atomic E-state index is 14.2. The Morgan fingerprint density at radius 2 is 1.95 bits per heavy atom. The van der Waals surface area contributed by atoms with Gasteiger partial charge in [-0.15, -0.1) is 0 Å². The Bertz CT molecular complexity index is 470. The summed E-state index contributed by atoms with van der Waals surface area (Å²) in [5.74, 6) is 0.105. The topological polar surface area (TPSA) is 21.3 Å². The molecule has 2 unspecified atom stereocenters. The molecule has 0 bridgehead atoms. The van der Waals surface area contributed by atoms with E-state index in [1.165, 1.54) is 6.07 Å². The monoisotopic (exact) mass is 279 g/mol. The normalized spacial score (nSPS) is 25.6. The minimum absolute atomic E-state index is 0.0158. The van der Waals surface area contributed by atoms with Crippen LogP contribution in [0, 0.1) is 11.7 Å². The molecule has 2 nitrogen and oxygen atoms in total. The lowest BCUT2D eigenvalue weighted by molar-refractivity contribution is -0.0779. The highest BCUT2D eigenvalue weighted by molar-refractivity contribution is 5.23. The quantitative estimate of drug-likeness (QED) is 0.897. The van der Waals surface area contributed by atoms with E-state index in [4.69, 9.17) is 4.74 Å². The molecule has 0 aromatic heterocycles. The molecule has 1 saturated heterocycles. The molecule has 1 aromatic carbocycles. The summed E-state index contributed by atoms with van der Waals surface area (Å²) in [5.41, 5.74) is 0.319. The first-order valence-electron chi connectivity index (χ1n) is 7.45. The van der Waals surface area contributed by atoms with Crippen molar-refractivity contribution < 1.29 is 9.13 Å². The third-order valence-electron chi connectivity index (χ3n) is 4.21. The van der Waals surface area contributed by atoms with Gasteiger partial charge in [-0.2, -0.15) is 0 Å². The van der Waals surface area contributed by atoms with E-state index in [9.17, 15) is 4.39 Å². The summed E-state index contributed by atoms with van der Waals surface area (Å²) in [4.78, 5) is 0. The van der Waals surface area contributed by atoms with E-state index in [1.807, 2.05) is 12.1 Å². The predicted molar refractivity (Wildman–Crippen MR) is 80.2 cm³/mol. The average Bonchev–Trinajstić information content (AvgIpc) is 2.55. The summed E-state index contributed by atoms with van der Waals surface area (Å²) >= 11 is 0. The van der Waals surface area contributed by atoms with Crippen LogP contribution in [0.25, 0.3) is 0 Å². The first-order valence-corrected chi connectivity index (χ1v) is 7.45. The van der Waals surface area contributed by atoms with Crippen LogP contribution in [0.1, 0.15) is 52.6 Å². The van der Waals surface area contributed by atoms with Crippen LogP contribution >= 0.6 is 0 Å². The Kier molecular flexibility index (Phi) is 4.22. The van der Waals surface area contributed by atoms with Gasteiger partial charge in [0.15, 0.2) is 0 Å². The molecular weight excluding hydrogens is 253 g/mol. The fraction of sp³-hybridized carbons (Fsp3) is 0.647. The number of rotatable bonds is 4. The molecule has 0 saturated carbocycles. The van der Waals surface area contributed by atoms with Crippen LogP contribution in [0.5, 0.6) is 0 Å². The lowest BCUT2D eigenvalue weighted by atomic mass is 9.78. The molecule has 112 valence electrons. The minimum Gasteiger partial charge on any atom is -0.369 e. The predicted octanol–water partition coefficient (Wildman–Crippen LogP) is 4.07. The lowest BCUT2D eigenvalue weighted by Gasteiger charge is -2.34. The van der Waals surface area contributed by atoms with Gasteiger partial charge in [-0.3, -0.25) is 0 Å². The zero-order chi connectivity index (χ0) is 15.0. The highest BCUT2D eigenvalue weighted by atomic mass is 19.1. The van der Waals surface area contributed by atoms with Gasteiger partial charge in [-0.1, -0.05) is 25.1 Å². The van der Waals surface area contributed by atoms with E-state index in [1.54, 1.807) is 6.07 Å². The van der Waals surface area contributed by atoms with Crippen molar-refractivity contribution in [3.8, 4) is 0 Å². The Hall–Kier alpha value is -0.930. The van der Waals surface area contributed by atoms with Crippen LogP contribution in [-0.2, 0) is 4.74 Å². The van der Waals surface area contributed by atoms with E-state index in [0.717, 1.165) is 18.5 Å². The Labute approximate surface area is 121 Å². The molecule has 0 radical (unpaired) electrons. The van der Waals surface area contributed by atoms with Gasteiger partial charge in [-0.25, -0.2) is 4.39 Å². The first kappa shape index (κ1) is 15.5. The van der Waals surface area contributed by atoms with E-state index in [2.05, 4.69) is 39.9 Å². The molecule has 1 N–H and O–H groups in total. The number of nitrogens with one attached hydrogen (secondary N) is 1. The highest BCUT2D eigenvalue weighted by Gasteiger charge is 2.49. The lowest BCUT2D eigenvalue weighted by Crippen LogP contribution is -2.38. The van der Waals surface area contributed by atoms with Crippen molar-refractivity contribution in [2.24, 2.45) is 5.92 Å². The summed E-state index contributed by atoms with van der Waals surface area (Å²) < 4.78 is 20.4. The van der Waals surface area contributed by atoms with E-state index in [0.29, 0.717) is 0 Å². The van der Waals surface area contributed by atoms with Gasteiger partial charge in [0, 0.05) is 17.5 Å². The summed E-state index contributed by atoms with van der Waals surface area (Å²) in [6.07, 6.45) is 0.923. The Morgan fingerprint density at radius 1 is 1.30 bits per heavy atom. The van der Waals surface area contributed by atoms with E-state index < -0.39 is 0 Å². The van der Waals surface area contributed by atoms with E-state index >= 15 is 0 Å². The number of ether oxygens (including phenoxy) is 1. The van der Waals surface area contributed by atoms with E-state index in [-0.39, 0.29) is 29.0 Å². The van der Waals surface area contributed by atoms with Gasteiger partial charge >= 0.3 is 0 Å². The van der Waals surface area contributed by atoms with Crippen LogP contribution < -0.4 is 5.32 Å². The van der Waals surface area contributed by atoms with Gasteiger partial charge in [0.05, 0.1) is 11.2 Å². The van der Waals surface area contributed by atoms with Crippen molar-refractivity contribution >= 4 is 0 Å². The molecule has 0 aliphatic carbocycles. The largest absolute Gasteiger partial charge is 0.369 e. The molecule has 0 spiro atoms. The molecule has 2 rings (SSSR count). The zero-order valence-corrected chi connectivity index (χ0v) is 13.2. The van der Waals surface area contributed by atoms with Gasteiger partial charge in [0.25, 0.3) is 0 Å². The third kappa shape index (κ3) is 3.04. The van der Waals surface area contributed by atoms with Gasteiger partial charge in [0.2, 0.25) is 0 Å². The molecular formula is C17H26FNO. The Balaban J connectivity index is 2.37. The van der Waals surface area contributed by atoms with Crippen molar-refractivity contribution in [2.45, 2.75) is 58.3 Å². The zero-order valence-electron chi connectivity index (χ0n) is 13.2. The molecule has 1 aromatic rings. The number of halogens is 1. The minimum atomic E-state index is -0.265. The second kappa shape index (κ2) is 5.45. The summed E-state index contributed by atoms with van der Waals surface area (Å²) in [7, 11) is 0. The summed E-state index contributed by atoms with van der Waals surface area (Å²) in [6.45, 7) is 11.3. The number of hydrogen-bond donors (Lipinski definition) is 1. The molecule has 20 heavy (non-hydrogen) atoms. The molecule has 3 heteroatoms. The Morgan fingerprint density at radius 3 is 2.45 bits per heavy atom. The molecule has 1 aliphatic heterocycles. The fourth-order valence-corrected chi connectivity index (χ4v) is 3.54. The second-order valence-electron chi connectivity index (χ2n) is 6.83. The summed E-state index contributed by atoms with van der Waals surface area (Å²) in [6, 6.07) is 7.04. The average molecular weight is 279 g/mol. The van der Waals surface area contributed by atoms with Crippen LogP contribution in [0.4, 0.5) is 4.39 Å².